The smallest absolute Gasteiger partial charge is 0.191 e. The van der Waals surface area contributed by atoms with Gasteiger partial charge in [0.15, 0.2) is 5.96 Å². The van der Waals surface area contributed by atoms with Gasteiger partial charge in [-0.05, 0) is 51.9 Å². The van der Waals surface area contributed by atoms with Gasteiger partial charge in [0.2, 0.25) is 0 Å². The van der Waals surface area contributed by atoms with Crippen LogP contribution in [0.4, 0.5) is 0 Å². The molecule has 0 aromatic carbocycles. The van der Waals surface area contributed by atoms with Crippen LogP contribution in [-0.2, 0) is 4.74 Å². The van der Waals surface area contributed by atoms with E-state index in [9.17, 15) is 0 Å². The molecule has 0 radical (unpaired) electrons. The van der Waals surface area contributed by atoms with Crippen LogP contribution in [0.15, 0.2) is 27.8 Å². The molecule has 2 saturated heterocycles. The fourth-order valence-corrected chi connectivity index (χ4v) is 4.11. The third-order valence-corrected chi connectivity index (χ3v) is 5.69. The highest BCUT2D eigenvalue weighted by molar-refractivity contribution is 5.79. The second-order valence-corrected chi connectivity index (χ2v) is 7.62. The van der Waals surface area contributed by atoms with Crippen LogP contribution in [0.1, 0.15) is 38.5 Å². The first-order valence-corrected chi connectivity index (χ1v) is 10.2. The minimum atomic E-state index is 0.248. The van der Waals surface area contributed by atoms with Gasteiger partial charge in [0.05, 0.1) is 25.5 Å². The average molecular weight is 378 g/mol. The van der Waals surface area contributed by atoms with Gasteiger partial charge in [-0.3, -0.25) is 14.8 Å². The van der Waals surface area contributed by atoms with E-state index in [0.29, 0.717) is 12.1 Å². The lowest BCUT2D eigenvalue weighted by Gasteiger charge is -2.38. The first kappa shape index (κ1) is 20.2. The normalized spacial score (nSPS) is 24.7. The number of nitrogens with zero attached hydrogens (tertiary/aromatic N) is 3. The van der Waals surface area contributed by atoms with Crippen LogP contribution in [0.25, 0.3) is 0 Å². The Labute approximate surface area is 163 Å². The molecule has 0 amide bonds. The van der Waals surface area contributed by atoms with Crippen molar-refractivity contribution < 1.29 is 9.15 Å². The van der Waals surface area contributed by atoms with Gasteiger partial charge in [0.25, 0.3) is 0 Å². The van der Waals surface area contributed by atoms with Crippen molar-refractivity contribution in [2.24, 2.45) is 4.99 Å². The Morgan fingerprint density at radius 3 is 2.70 bits per heavy atom. The number of hydrogen-bond acceptors (Lipinski definition) is 5. The molecule has 2 N–H and O–H groups in total. The minimum absolute atomic E-state index is 0.248. The Morgan fingerprint density at radius 2 is 2.04 bits per heavy atom. The Kier molecular flexibility index (Phi) is 7.55. The van der Waals surface area contributed by atoms with Gasteiger partial charge < -0.3 is 19.8 Å². The fraction of sp³-hybridized carbons (Fsp3) is 0.750. The number of furan rings is 1. The quantitative estimate of drug-likeness (QED) is 0.557. The van der Waals surface area contributed by atoms with Crippen LogP contribution in [0.3, 0.4) is 0 Å². The van der Waals surface area contributed by atoms with Crippen LogP contribution in [0.5, 0.6) is 0 Å². The molecular weight excluding hydrogens is 342 g/mol. The highest BCUT2D eigenvalue weighted by Gasteiger charge is 2.26. The summed E-state index contributed by atoms with van der Waals surface area (Å²) in [5, 5.41) is 6.98. The number of rotatable bonds is 7. The van der Waals surface area contributed by atoms with Crippen LogP contribution in [0.2, 0.25) is 0 Å². The molecule has 3 unspecified atom stereocenters. The summed E-state index contributed by atoms with van der Waals surface area (Å²) >= 11 is 0. The summed E-state index contributed by atoms with van der Waals surface area (Å²) in [7, 11) is 1.83. The van der Waals surface area contributed by atoms with Crippen molar-refractivity contribution in [3.05, 3.63) is 24.2 Å². The molecule has 27 heavy (non-hydrogen) atoms. The van der Waals surface area contributed by atoms with E-state index in [4.69, 9.17) is 9.15 Å². The highest BCUT2D eigenvalue weighted by Crippen LogP contribution is 2.24. The second-order valence-electron chi connectivity index (χ2n) is 7.62. The van der Waals surface area contributed by atoms with Crippen molar-refractivity contribution >= 4 is 5.96 Å². The topological polar surface area (TPSA) is 65.3 Å². The lowest BCUT2D eigenvalue weighted by atomic mass is 10.2. The van der Waals surface area contributed by atoms with Crippen molar-refractivity contribution in [3.63, 3.8) is 0 Å². The summed E-state index contributed by atoms with van der Waals surface area (Å²) in [6.45, 7) is 11.0. The number of aliphatic imine (C=N–C) groups is 1. The SMILES string of the molecule is CN=C(NCC(c1ccco1)N1CCCC1)NCC(C)N1CCOCC1C. The molecule has 1 aromatic rings. The number of morpholine rings is 1. The fourth-order valence-electron chi connectivity index (χ4n) is 4.11. The molecule has 0 saturated carbocycles. The Bertz CT molecular complexity index is 571. The summed E-state index contributed by atoms with van der Waals surface area (Å²) in [5.74, 6) is 1.87. The molecule has 3 rings (SSSR count). The maximum atomic E-state index is 5.70. The van der Waals surface area contributed by atoms with Crippen LogP contribution in [0, 0.1) is 0 Å². The van der Waals surface area contributed by atoms with Crippen LogP contribution in [-0.4, -0.2) is 80.8 Å². The molecule has 3 atom stereocenters. The van der Waals surface area contributed by atoms with E-state index < -0.39 is 0 Å². The first-order valence-electron chi connectivity index (χ1n) is 10.2. The Balaban J connectivity index is 1.50. The van der Waals surface area contributed by atoms with Crippen molar-refractivity contribution in [2.45, 2.75) is 44.8 Å². The largest absolute Gasteiger partial charge is 0.468 e. The molecule has 2 aliphatic rings. The van der Waals surface area contributed by atoms with Crippen LogP contribution >= 0.6 is 0 Å². The number of ether oxygens (including phenoxy) is 1. The van der Waals surface area contributed by atoms with E-state index >= 15 is 0 Å². The predicted octanol–water partition coefficient (Wildman–Crippen LogP) is 1.69. The van der Waals surface area contributed by atoms with Gasteiger partial charge in [0.1, 0.15) is 5.76 Å². The summed E-state index contributed by atoms with van der Waals surface area (Å²) < 4.78 is 11.2. The van der Waals surface area contributed by atoms with Gasteiger partial charge in [-0.1, -0.05) is 0 Å². The summed E-state index contributed by atoms with van der Waals surface area (Å²) in [5.41, 5.74) is 0. The van der Waals surface area contributed by atoms with Crippen LogP contribution < -0.4 is 10.6 Å². The lowest BCUT2D eigenvalue weighted by molar-refractivity contribution is -0.0174. The van der Waals surface area contributed by atoms with Crippen molar-refractivity contribution in [2.75, 3.05) is 53.0 Å². The zero-order valence-electron chi connectivity index (χ0n) is 17.0. The van der Waals surface area contributed by atoms with Gasteiger partial charge in [-0.2, -0.15) is 0 Å². The predicted molar refractivity (Wildman–Crippen MR) is 108 cm³/mol. The van der Waals surface area contributed by atoms with E-state index in [1.807, 2.05) is 13.1 Å². The molecule has 0 spiro atoms. The third kappa shape index (κ3) is 5.46. The Hall–Kier alpha value is -1.57. The molecule has 0 aliphatic carbocycles. The first-order chi connectivity index (χ1) is 13.2. The minimum Gasteiger partial charge on any atom is -0.468 e. The van der Waals surface area contributed by atoms with E-state index in [-0.39, 0.29) is 6.04 Å². The molecule has 152 valence electrons. The lowest BCUT2D eigenvalue weighted by Crippen LogP contribution is -2.53. The van der Waals surface area contributed by atoms with Crippen molar-refractivity contribution in [3.8, 4) is 0 Å². The molecular formula is C20H35N5O2. The summed E-state index contributed by atoms with van der Waals surface area (Å²) in [6.07, 6.45) is 4.29. The summed E-state index contributed by atoms with van der Waals surface area (Å²) in [6, 6.07) is 5.18. The van der Waals surface area contributed by atoms with E-state index in [1.54, 1.807) is 6.26 Å². The van der Waals surface area contributed by atoms with Crippen molar-refractivity contribution in [1.82, 2.24) is 20.4 Å². The third-order valence-electron chi connectivity index (χ3n) is 5.69. The Morgan fingerprint density at radius 1 is 1.26 bits per heavy atom. The number of guanidine groups is 1. The molecule has 2 aliphatic heterocycles. The monoisotopic (exact) mass is 377 g/mol. The van der Waals surface area contributed by atoms with E-state index in [2.05, 4.69) is 45.3 Å². The number of hydrogen-bond donors (Lipinski definition) is 2. The van der Waals surface area contributed by atoms with Gasteiger partial charge in [-0.15, -0.1) is 0 Å². The number of likely N-dealkylation sites (tertiary alicyclic amines) is 1. The second kappa shape index (κ2) is 10.1. The zero-order valence-corrected chi connectivity index (χ0v) is 17.0. The van der Waals surface area contributed by atoms with Crippen molar-refractivity contribution in [1.29, 1.82) is 0 Å². The van der Waals surface area contributed by atoms with E-state index in [1.165, 1.54) is 12.8 Å². The zero-order chi connectivity index (χ0) is 19.1. The van der Waals surface area contributed by atoms with Gasteiger partial charge in [0, 0.05) is 38.8 Å². The molecule has 2 fully saturated rings. The molecule has 0 bridgehead atoms. The van der Waals surface area contributed by atoms with Gasteiger partial charge in [-0.25, -0.2) is 0 Å². The molecule has 7 heteroatoms. The van der Waals surface area contributed by atoms with E-state index in [0.717, 1.165) is 57.7 Å². The number of nitrogens with one attached hydrogen (secondary N) is 2. The molecule has 1 aromatic heterocycles. The molecule has 3 heterocycles. The summed E-state index contributed by atoms with van der Waals surface area (Å²) in [4.78, 5) is 9.40. The maximum Gasteiger partial charge on any atom is 0.191 e. The molecule has 7 nitrogen and oxygen atoms in total. The highest BCUT2D eigenvalue weighted by atomic mass is 16.5. The maximum absolute atomic E-state index is 5.70. The van der Waals surface area contributed by atoms with Gasteiger partial charge >= 0.3 is 0 Å². The average Bonchev–Trinajstić information content (AvgIpc) is 3.39. The standard InChI is InChI=1S/C20H35N5O2/c1-16(25-10-12-26-15-17(25)2)13-22-20(21-3)23-14-18(19-7-6-11-27-19)24-8-4-5-9-24/h6-7,11,16-18H,4-5,8-10,12-15H2,1-3H3,(H2,21,22,23).